The van der Waals surface area contributed by atoms with E-state index in [2.05, 4.69) is 9.88 Å². The number of morpholine rings is 1. The molecule has 0 spiro atoms. The summed E-state index contributed by atoms with van der Waals surface area (Å²) < 4.78 is 11.3. The van der Waals surface area contributed by atoms with E-state index < -0.39 is 0 Å². The third-order valence-corrected chi connectivity index (χ3v) is 4.15. The highest BCUT2D eigenvalue weighted by Gasteiger charge is 2.36. The van der Waals surface area contributed by atoms with Crippen molar-refractivity contribution in [3.8, 4) is 5.75 Å². The summed E-state index contributed by atoms with van der Waals surface area (Å²) in [6.45, 7) is 2.84. The summed E-state index contributed by atoms with van der Waals surface area (Å²) in [7, 11) is 1.64. The molecule has 2 aliphatic heterocycles. The number of aromatic nitrogens is 1. The first-order valence-electron chi connectivity index (χ1n) is 6.89. The van der Waals surface area contributed by atoms with E-state index in [0.29, 0.717) is 6.04 Å². The number of ether oxygens (including phenoxy) is 2. The largest absolute Gasteiger partial charge is 0.495 e. The van der Waals surface area contributed by atoms with Gasteiger partial charge in [-0.05, 0) is 31.5 Å². The Morgan fingerprint density at radius 1 is 1.58 bits per heavy atom. The van der Waals surface area contributed by atoms with Gasteiger partial charge in [0.25, 0.3) is 0 Å². The minimum Gasteiger partial charge on any atom is -0.495 e. The van der Waals surface area contributed by atoms with E-state index in [-0.39, 0.29) is 12.1 Å². The standard InChI is InChI=1S/C14H21N3O2/c1-18-11-5-2-6-16-14(11)13(15)12-8-17-7-3-4-10(17)9-19-12/h2,5-6,10,12-13H,3-4,7-9,15H2,1H3. The lowest BCUT2D eigenvalue weighted by Crippen LogP contribution is -2.49. The lowest BCUT2D eigenvalue weighted by molar-refractivity contribution is -0.0604. The molecule has 2 N–H and O–H groups in total. The number of pyridine rings is 1. The number of methoxy groups -OCH3 is 1. The number of fused-ring (bicyclic) bond motifs is 1. The molecule has 0 aliphatic carbocycles. The second kappa shape index (κ2) is 5.45. The van der Waals surface area contributed by atoms with Crippen molar-refractivity contribution in [3.05, 3.63) is 24.0 Å². The highest BCUT2D eigenvalue weighted by atomic mass is 16.5. The van der Waals surface area contributed by atoms with Gasteiger partial charge in [0.2, 0.25) is 0 Å². The molecule has 2 fully saturated rings. The van der Waals surface area contributed by atoms with Crippen LogP contribution in [0.2, 0.25) is 0 Å². The second-order valence-electron chi connectivity index (χ2n) is 5.28. The van der Waals surface area contributed by atoms with Crippen molar-refractivity contribution in [3.63, 3.8) is 0 Å². The molecule has 1 aromatic rings. The number of rotatable bonds is 3. The summed E-state index contributed by atoms with van der Waals surface area (Å²) >= 11 is 0. The SMILES string of the molecule is COc1cccnc1C(N)C1CN2CCCC2CO1. The van der Waals surface area contributed by atoms with Crippen LogP contribution < -0.4 is 10.5 Å². The zero-order valence-electron chi connectivity index (χ0n) is 11.3. The van der Waals surface area contributed by atoms with Gasteiger partial charge >= 0.3 is 0 Å². The van der Waals surface area contributed by atoms with Crippen LogP contribution in [0.4, 0.5) is 0 Å². The highest BCUT2D eigenvalue weighted by molar-refractivity contribution is 5.30. The van der Waals surface area contributed by atoms with E-state index in [4.69, 9.17) is 15.2 Å². The zero-order valence-corrected chi connectivity index (χ0v) is 11.3. The lowest BCUT2D eigenvalue weighted by Gasteiger charge is -2.37. The Morgan fingerprint density at radius 2 is 2.47 bits per heavy atom. The number of nitrogens with zero attached hydrogens (tertiary/aromatic N) is 2. The summed E-state index contributed by atoms with van der Waals surface area (Å²) in [5.41, 5.74) is 7.12. The average molecular weight is 263 g/mol. The maximum atomic E-state index is 6.33. The van der Waals surface area contributed by atoms with Crippen LogP contribution >= 0.6 is 0 Å². The number of nitrogens with two attached hydrogens (primary N) is 1. The highest BCUT2D eigenvalue weighted by Crippen LogP contribution is 2.30. The Labute approximate surface area is 113 Å². The van der Waals surface area contributed by atoms with Gasteiger partial charge in [-0.2, -0.15) is 0 Å². The van der Waals surface area contributed by atoms with Gasteiger partial charge in [-0.15, -0.1) is 0 Å². The molecule has 104 valence electrons. The predicted octanol–water partition coefficient (Wildman–Crippen LogP) is 0.953. The van der Waals surface area contributed by atoms with Crippen molar-refractivity contribution in [2.24, 2.45) is 5.73 Å². The van der Waals surface area contributed by atoms with E-state index >= 15 is 0 Å². The third kappa shape index (κ3) is 2.45. The molecule has 5 nitrogen and oxygen atoms in total. The van der Waals surface area contributed by atoms with Crippen LogP contribution in [0.15, 0.2) is 18.3 Å². The van der Waals surface area contributed by atoms with E-state index in [1.54, 1.807) is 13.3 Å². The minimum atomic E-state index is -0.238. The van der Waals surface area contributed by atoms with Gasteiger partial charge in [-0.1, -0.05) is 0 Å². The Hall–Kier alpha value is -1.17. The molecule has 1 aromatic heterocycles. The average Bonchev–Trinajstić information content (AvgIpc) is 2.93. The second-order valence-corrected chi connectivity index (χ2v) is 5.28. The Balaban J connectivity index is 1.74. The van der Waals surface area contributed by atoms with Crippen LogP contribution in [0.3, 0.4) is 0 Å². The van der Waals surface area contributed by atoms with Crippen molar-refractivity contribution < 1.29 is 9.47 Å². The molecule has 0 bridgehead atoms. The first-order chi connectivity index (χ1) is 9.29. The fraction of sp³-hybridized carbons (Fsp3) is 0.643. The Bertz CT molecular complexity index is 440. The van der Waals surface area contributed by atoms with E-state index in [9.17, 15) is 0 Å². The molecule has 3 rings (SSSR count). The third-order valence-electron chi connectivity index (χ3n) is 4.15. The maximum Gasteiger partial charge on any atom is 0.142 e. The summed E-state index contributed by atoms with van der Waals surface area (Å²) in [6, 6.07) is 4.10. The molecule has 2 saturated heterocycles. The van der Waals surface area contributed by atoms with Gasteiger partial charge < -0.3 is 15.2 Å². The lowest BCUT2D eigenvalue weighted by atomic mass is 10.0. The van der Waals surface area contributed by atoms with Crippen molar-refractivity contribution in [2.75, 3.05) is 26.8 Å². The van der Waals surface area contributed by atoms with Gasteiger partial charge in [0, 0.05) is 18.8 Å². The zero-order chi connectivity index (χ0) is 13.2. The van der Waals surface area contributed by atoms with Gasteiger partial charge in [0.1, 0.15) is 11.4 Å². The first kappa shape index (κ1) is 12.8. The summed E-state index contributed by atoms with van der Waals surface area (Å²) in [5, 5.41) is 0. The molecule has 3 heterocycles. The smallest absolute Gasteiger partial charge is 0.142 e. The predicted molar refractivity (Wildman–Crippen MR) is 72.1 cm³/mol. The molecule has 2 aliphatic rings. The summed E-state index contributed by atoms with van der Waals surface area (Å²) in [4.78, 5) is 6.85. The van der Waals surface area contributed by atoms with Gasteiger partial charge in [-0.3, -0.25) is 9.88 Å². The molecule has 0 amide bonds. The molecular formula is C14H21N3O2. The molecule has 5 heteroatoms. The molecule has 3 atom stereocenters. The molecule has 19 heavy (non-hydrogen) atoms. The van der Waals surface area contributed by atoms with E-state index in [1.807, 2.05) is 12.1 Å². The number of hydrogen-bond acceptors (Lipinski definition) is 5. The van der Waals surface area contributed by atoms with Crippen molar-refractivity contribution in [1.29, 1.82) is 0 Å². The van der Waals surface area contributed by atoms with Crippen molar-refractivity contribution in [1.82, 2.24) is 9.88 Å². The Kier molecular flexibility index (Phi) is 3.68. The van der Waals surface area contributed by atoms with Gasteiger partial charge in [0.05, 0.1) is 25.9 Å². The molecule has 0 saturated carbocycles. The van der Waals surface area contributed by atoms with E-state index in [1.165, 1.54) is 12.8 Å². The van der Waals surface area contributed by atoms with Crippen LogP contribution in [-0.4, -0.2) is 48.8 Å². The topological polar surface area (TPSA) is 60.6 Å². The number of hydrogen-bond donors (Lipinski definition) is 1. The van der Waals surface area contributed by atoms with Gasteiger partial charge in [0.15, 0.2) is 0 Å². The van der Waals surface area contributed by atoms with Crippen LogP contribution in [0.25, 0.3) is 0 Å². The van der Waals surface area contributed by atoms with Crippen LogP contribution in [0, 0.1) is 0 Å². The van der Waals surface area contributed by atoms with Gasteiger partial charge in [-0.25, -0.2) is 0 Å². The normalized spacial score (nSPS) is 28.9. The quantitative estimate of drug-likeness (QED) is 0.880. The fourth-order valence-electron chi connectivity index (χ4n) is 3.06. The van der Waals surface area contributed by atoms with Crippen LogP contribution in [0.5, 0.6) is 5.75 Å². The molecule has 0 aromatic carbocycles. The maximum absolute atomic E-state index is 6.33. The minimum absolute atomic E-state index is 0.00171. The summed E-state index contributed by atoms with van der Waals surface area (Å²) in [6.07, 6.45) is 4.26. The van der Waals surface area contributed by atoms with Crippen LogP contribution in [0.1, 0.15) is 24.6 Å². The monoisotopic (exact) mass is 263 g/mol. The molecule has 0 radical (unpaired) electrons. The fourth-order valence-corrected chi connectivity index (χ4v) is 3.06. The van der Waals surface area contributed by atoms with Crippen LogP contribution in [-0.2, 0) is 4.74 Å². The first-order valence-corrected chi connectivity index (χ1v) is 6.89. The molecular weight excluding hydrogens is 242 g/mol. The van der Waals surface area contributed by atoms with Crippen molar-refractivity contribution >= 4 is 0 Å². The summed E-state index contributed by atoms with van der Waals surface area (Å²) in [5.74, 6) is 0.738. The van der Waals surface area contributed by atoms with E-state index in [0.717, 1.165) is 31.1 Å². The molecule has 3 unspecified atom stereocenters. The van der Waals surface area contributed by atoms with Crippen molar-refractivity contribution in [2.45, 2.75) is 31.0 Å². The Morgan fingerprint density at radius 3 is 3.32 bits per heavy atom.